The van der Waals surface area contributed by atoms with E-state index in [9.17, 15) is 22.4 Å². The normalized spacial score (nSPS) is 14.6. The molecule has 2 amide bonds. The molecule has 3 rings (SSSR count). The Kier molecular flexibility index (Phi) is 8.09. The van der Waals surface area contributed by atoms with Crippen molar-refractivity contribution in [1.82, 2.24) is 10.6 Å². The van der Waals surface area contributed by atoms with E-state index in [1.54, 1.807) is 0 Å². The molecule has 0 spiro atoms. The Labute approximate surface area is 191 Å². The first-order valence-electron chi connectivity index (χ1n) is 10.4. The summed E-state index contributed by atoms with van der Waals surface area (Å²) in [4.78, 5) is 24.2. The molecule has 32 heavy (non-hydrogen) atoms. The van der Waals surface area contributed by atoms with Crippen molar-refractivity contribution in [2.24, 2.45) is 0 Å². The van der Waals surface area contributed by atoms with Gasteiger partial charge >= 0.3 is 0 Å². The first-order chi connectivity index (χ1) is 15.2. The molecule has 172 valence electrons. The third-order valence-electron chi connectivity index (χ3n) is 5.19. The highest BCUT2D eigenvalue weighted by atomic mass is 35.5. The van der Waals surface area contributed by atoms with Crippen LogP contribution in [0.2, 0.25) is 5.02 Å². The van der Waals surface area contributed by atoms with Gasteiger partial charge in [0.2, 0.25) is 5.91 Å². The number of carbonyl (C=O) groups excluding carboxylic acids is 2. The third kappa shape index (κ3) is 6.67. The summed E-state index contributed by atoms with van der Waals surface area (Å²) in [5.74, 6) is -1.15. The molecule has 0 saturated heterocycles. The van der Waals surface area contributed by atoms with Crippen molar-refractivity contribution in [3.8, 4) is 0 Å². The second-order valence-electron chi connectivity index (χ2n) is 7.67. The zero-order valence-electron chi connectivity index (χ0n) is 17.4. The maximum Gasteiger partial charge on any atom is 0.263 e. The summed E-state index contributed by atoms with van der Waals surface area (Å²) < 4.78 is 40.8. The molecular formula is C22H25ClFN3O4S. The number of halogens is 2. The van der Waals surface area contributed by atoms with Gasteiger partial charge in [-0.05, 0) is 55.3 Å². The van der Waals surface area contributed by atoms with Gasteiger partial charge in [-0.25, -0.2) is 12.8 Å². The summed E-state index contributed by atoms with van der Waals surface area (Å²) in [5, 5.41) is 5.53. The summed E-state index contributed by atoms with van der Waals surface area (Å²) in [6.45, 7) is 0.121. The molecule has 0 unspecified atom stereocenters. The second kappa shape index (κ2) is 10.8. The fourth-order valence-corrected chi connectivity index (χ4v) is 5.10. The SMILES string of the molecule is O=C(CCNC(=O)c1ccc(Cl)c(S(=O)(=O)Nc2ccc(F)cc2)c1)NC1CCCCC1. The number of amides is 2. The first-order valence-corrected chi connectivity index (χ1v) is 12.3. The number of anilines is 1. The van der Waals surface area contributed by atoms with Gasteiger partial charge in [0.15, 0.2) is 0 Å². The van der Waals surface area contributed by atoms with Crippen LogP contribution >= 0.6 is 11.6 Å². The Morgan fingerprint density at radius 1 is 1.03 bits per heavy atom. The molecule has 0 heterocycles. The fraction of sp³-hybridized carbons (Fsp3) is 0.364. The van der Waals surface area contributed by atoms with Gasteiger partial charge in [0.25, 0.3) is 15.9 Å². The molecule has 1 aliphatic carbocycles. The topological polar surface area (TPSA) is 104 Å². The molecule has 3 N–H and O–H groups in total. The molecule has 1 fully saturated rings. The van der Waals surface area contributed by atoms with Gasteiger partial charge in [-0.15, -0.1) is 0 Å². The Morgan fingerprint density at radius 2 is 1.72 bits per heavy atom. The molecule has 1 aliphatic rings. The van der Waals surface area contributed by atoms with Crippen LogP contribution in [-0.4, -0.2) is 32.8 Å². The van der Waals surface area contributed by atoms with Crippen LogP contribution in [0.25, 0.3) is 0 Å². The number of carbonyl (C=O) groups is 2. The van der Waals surface area contributed by atoms with Crippen molar-refractivity contribution in [3.63, 3.8) is 0 Å². The predicted molar refractivity (Wildman–Crippen MR) is 121 cm³/mol. The molecule has 2 aromatic carbocycles. The molecule has 10 heteroatoms. The zero-order chi connectivity index (χ0) is 23.1. The lowest BCUT2D eigenvalue weighted by molar-refractivity contribution is -0.121. The average Bonchev–Trinajstić information content (AvgIpc) is 2.76. The standard InChI is InChI=1S/C22H25ClFN3O4S/c23-19-11-6-15(14-20(19)32(30,31)27-18-9-7-16(24)8-10-18)22(29)25-13-12-21(28)26-17-4-2-1-3-5-17/h6-11,14,17,27H,1-5,12-13H2,(H,25,29)(H,26,28). The van der Waals surface area contributed by atoms with E-state index in [0.717, 1.165) is 43.9 Å². The largest absolute Gasteiger partial charge is 0.353 e. The van der Waals surface area contributed by atoms with E-state index in [2.05, 4.69) is 15.4 Å². The molecule has 0 aromatic heterocycles. The van der Waals surface area contributed by atoms with Crippen LogP contribution in [0.1, 0.15) is 48.9 Å². The van der Waals surface area contributed by atoms with E-state index in [0.29, 0.717) is 0 Å². The highest BCUT2D eigenvalue weighted by Gasteiger charge is 2.21. The van der Waals surface area contributed by atoms with E-state index in [1.807, 2.05) is 0 Å². The predicted octanol–water partition coefficient (Wildman–Crippen LogP) is 3.85. The van der Waals surface area contributed by atoms with Crippen LogP contribution in [-0.2, 0) is 14.8 Å². The molecule has 0 radical (unpaired) electrons. The molecular weight excluding hydrogens is 457 g/mol. The van der Waals surface area contributed by atoms with Gasteiger partial charge in [-0.3, -0.25) is 14.3 Å². The third-order valence-corrected chi connectivity index (χ3v) is 7.05. The van der Waals surface area contributed by atoms with Crippen LogP contribution in [0, 0.1) is 5.82 Å². The summed E-state index contributed by atoms with van der Waals surface area (Å²) in [7, 11) is -4.11. The van der Waals surface area contributed by atoms with Gasteiger partial charge in [-0.1, -0.05) is 30.9 Å². The maximum absolute atomic E-state index is 13.0. The lowest BCUT2D eigenvalue weighted by atomic mass is 9.95. The van der Waals surface area contributed by atoms with Gasteiger partial charge in [0.1, 0.15) is 10.7 Å². The minimum atomic E-state index is -4.11. The smallest absolute Gasteiger partial charge is 0.263 e. The lowest BCUT2D eigenvalue weighted by Crippen LogP contribution is -2.38. The van der Waals surface area contributed by atoms with Gasteiger partial charge < -0.3 is 10.6 Å². The summed E-state index contributed by atoms with van der Waals surface area (Å²) in [6, 6.07) is 8.85. The zero-order valence-corrected chi connectivity index (χ0v) is 18.9. The number of sulfonamides is 1. The number of hydrogen-bond donors (Lipinski definition) is 3. The van der Waals surface area contributed by atoms with Crippen molar-refractivity contribution in [2.45, 2.75) is 49.5 Å². The first kappa shape index (κ1) is 24.0. The number of hydrogen-bond acceptors (Lipinski definition) is 4. The molecule has 2 aromatic rings. The minimum Gasteiger partial charge on any atom is -0.353 e. The van der Waals surface area contributed by atoms with Gasteiger partial charge in [0.05, 0.1) is 5.02 Å². The Balaban J connectivity index is 1.59. The summed E-state index contributed by atoms with van der Waals surface area (Å²) in [5.41, 5.74) is 0.239. The summed E-state index contributed by atoms with van der Waals surface area (Å²) in [6.07, 6.45) is 5.50. The Morgan fingerprint density at radius 3 is 2.41 bits per heavy atom. The maximum atomic E-state index is 13.0. The average molecular weight is 482 g/mol. The van der Waals surface area contributed by atoms with Gasteiger partial charge in [0, 0.05) is 30.3 Å². The number of rotatable bonds is 8. The van der Waals surface area contributed by atoms with Crippen molar-refractivity contribution in [3.05, 3.63) is 58.9 Å². The summed E-state index contributed by atoms with van der Waals surface area (Å²) >= 11 is 6.05. The molecule has 0 aliphatic heterocycles. The van der Waals surface area contributed by atoms with Crippen LogP contribution < -0.4 is 15.4 Å². The van der Waals surface area contributed by atoms with Crippen molar-refractivity contribution >= 4 is 39.1 Å². The number of benzene rings is 2. The van der Waals surface area contributed by atoms with E-state index < -0.39 is 21.7 Å². The van der Waals surface area contributed by atoms with E-state index in [1.165, 1.54) is 30.7 Å². The quantitative estimate of drug-likeness (QED) is 0.532. The molecule has 1 saturated carbocycles. The van der Waals surface area contributed by atoms with E-state index in [4.69, 9.17) is 11.6 Å². The Hall–Kier alpha value is -2.65. The fourth-order valence-electron chi connectivity index (χ4n) is 3.52. The molecule has 0 atom stereocenters. The highest BCUT2D eigenvalue weighted by molar-refractivity contribution is 7.92. The lowest BCUT2D eigenvalue weighted by Gasteiger charge is -2.22. The van der Waals surface area contributed by atoms with Crippen molar-refractivity contribution in [1.29, 1.82) is 0 Å². The molecule has 0 bridgehead atoms. The number of nitrogens with one attached hydrogen (secondary N) is 3. The van der Waals surface area contributed by atoms with Crippen LogP contribution in [0.3, 0.4) is 0 Å². The monoisotopic (exact) mass is 481 g/mol. The van der Waals surface area contributed by atoms with Crippen LogP contribution in [0.5, 0.6) is 0 Å². The second-order valence-corrected chi connectivity index (χ2v) is 9.72. The van der Waals surface area contributed by atoms with Crippen molar-refractivity contribution < 1.29 is 22.4 Å². The highest BCUT2D eigenvalue weighted by Crippen LogP contribution is 2.25. The van der Waals surface area contributed by atoms with Crippen LogP contribution in [0.15, 0.2) is 47.4 Å². The van der Waals surface area contributed by atoms with E-state index in [-0.39, 0.29) is 46.1 Å². The minimum absolute atomic E-state index is 0.0666. The van der Waals surface area contributed by atoms with Gasteiger partial charge in [-0.2, -0.15) is 0 Å². The molecule has 7 nitrogen and oxygen atoms in total. The van der Waals surface area contributed by atoms with Crippen LogP contribution in [0.4, 0.5) is 10.1 Å². The Bertz CT molecular complexity index is 1070. The van der Waals surface area contributed by atoms with E-state index >= 15 is 0 Å². The van der Waals surface area contributed by atoms with Crippen molar-refractivity contribution in [2.75, 3.05) is 11.3 Å².